The zero-order valence-corrected chi connectivity index (χ0v) is 15.1. The molecule has 0 radical (unpaired) electrons. The molecule has 2 aromatic carbocycles. The largest absolute Gasteiger partial charge is 0.497 e. The van der Waals surface area contributed by atoms with Crippen LogP contribution in [0.1, 0.15) is 15.9 Å². The molecule has 0 aliphatic carbocycles. The number of allylic oxidation sites excluding steroid dienone is 1. The Kier molecular flexibility index (Phi) is 4.60. The van der Waals surface area contributed by atoms with Gasteiger partial charge >= 0.3 is 10.1 Å². The second-order valence-corrected chi connectivity index (χ2v) is 7.07. The molecule has 0 unspecified atom stereocenters. The molecule has 0 amide bonds. The van der Waals surface area contributed by atoms with Crippen LogP contribution in [0.5, 0.6) is 23.0 Å². The smallest absolute Gasteiger partial charge is 0.306 e. The Morgan fingerprint density at radius 3 is 2.38 bits per heavy atom. The molecule has 3 rings (SSSR count). The predicted molar refractivity (Wildman–Crippen MR) is 94.4 cm³/mol. The van der Waals surface area contributed by atoms with Crippen molar-refractivity contribution >= 4 is 22.0 Å². The number of rotatable bonds is 5. The van der Waals surface area contributed by atoms with Crippen LogP contribution in [0.3, 0.4) is 0 Å². The zero-order chi connectivity index (χ0) is 18.9. The average Bonchev–Trinajstić information content (AvgIpc) is 2.89. The Hall–Kier alpha value is -3.00. The lowest BCUT2D eigenvalue weighted by molar-refractivity contribution is 0.101. The second-order valence-electron chi connectivity index (χ2n) is 5.49. The van der Waals surface area contributed by atoms with Crippen molar-refractivity contribution in [3.63, 3.8) is 0 Å². The number of carbonyl (C=O) groups excluding carboxylic acids is 1. The minimum atomic E-state index is -3.67. The fraction of sp³-hybridized carbons (Fsp3) is 0.167. The molecule has 1 heterocycles. The first-order chi connectivity index (χ1) is 12.3. The van der Waals surface area contributed by atoms with Gasteiger partial charge in [-0.3, -0.25) is 4.79 Å². The lowest BCUT2D eigenvalue weighted by Gasteiger charge is -2.08. The van der Waals surface area contributed by atoms with Gasteiger partial charge in [0.15, 0.2) is 5.76 Å². The Morgan fingerprint density at radius 1 is 1.00 bits per heavy atom. The monoisotopic (exact) mass is 376 g/mol. The van der Waals surface area contributed by atoms with Crippen LogP contribution in [0.4, 0.5) is 0 Å². The Labute approximate surface area is 150 Å². The summed E-state index contributed by atoms with van der Waals surface area (Å²) in [5.74, 6) is 1.22. The van der Waals surface area contributed by atoms with E-state index in [-0.39, 0.29) is 23.0 Å². The van der Waals surface area contributed by atoms with E-state index in [0.717, 1.165) is 6.26 Å². The summed E-state index contributed by atoms with van der Waals surface area (Å²) in [6.07, 6.45) is 2.49. The third-order valence-electron chi connectivity index (χ3n) is 3.62. The predicted octanol–water partition coefficient (Wildman–Crippen LogP) is 2.66. The fourth-order valence-corrected chi connectivity index (χ4v) is 2.93. The Morgan fingerprint density at radius 2 is 1.73 bits per heavy atom. The first-order valence-electron chi connectivity index (χ1n) is 7.50. The van der Waals surface area contributed by atoms with Crippen molar-refractivity contribution in [3.8, 4) is 23.0 Å². The van der Waals surface area contributed by atoms with E-state index in [2.05, 4.69) is 0 Å². The van der Waals surface area contributed by atoms with Gasteiger partial charge in [0.1, 0.15) is 23.0 Å². The van der Waals surface area contributed by atoms with E-state index in [9.17, 15) is 13.2 Å². The highest BCUT2D eigenvalue weighted by atomic mass is 32.2. The summed E-state index contributed by atoms with van der Waals surface area (Å²) in [5, 5.41) is 0. The molecule has 8 heteroatoms. The molecular weight excluding hydrogens is 360 g/mol. The van der Waals surface area contributed by atoms with Crippen molar-refractivity contribution in [1.29, 1.82) is 0 Å². The highest BCUT2D eigenvalue weighted by molar-refractivity contribution is 7.86. The molecule has 26 heavy (non-hydrogen) atoms. The Bertz CT molecular complexity index is 1010. The van der Waals surface area contributed by atoms with E-state index < -0.39 is 10.1 Å². The summed E-state index contributed by atoms with van der Waals surface area (Å²) >= 11 is 0. The number of ether oxygens (including phenoxy) is 3. The summed E-state index contributed by atoms with van der Waals surface area (Å²) in [7, 11) is -0.613. The molecule has 0 saturated carbocycles. The molecule has 7 nitrogen and oxygen atoms in total. The zero-order valence-electron chi connectivity index (χ0n) is 14.3. The average molecular weight is 376 g/mol. The van der Waals surface area contributed by atoms with Gasteiger partial charge in [-0.25, -0.2) is 0 Å². The van der Waals surface area contributed by atoms with Crippen LogP contribution in [0.2, 0.25) is 0 Å². The third-order valence-corrected chi connectivity index (χ3v) is 4.11. The fourth-order valence-electron chi connectivity index (χ4n) is 2.47. The third kappa shape index (κ3) is 3.65. The van der Waals surface area contributed by atoms with Crippen molar-refractivity contribution < 1.29 is 31.6 Å². The van der Waals surface area contributed by atoms with Crippen LogP contribution >= 0.6 is 0 Å². The van der Waals surface area contributed by atoms with Gasteiger partial charge < -0.3 is 18.4 Å². The molecule has 0 N–H and O–H groups in total. The van der Waals surface area contributed by atoms with Crippen LogP contribution < -0.4 is 18.4 Å². The number of hydrogen-bond donors (Lipinski definition) is 0. The lowest BCUT2D eigenvalue weighted by atomic mass is 10.1. The van der Waals surface area contributed by atoms with Gasteiger partial charge in [0.2, 0.25) is 5.78 Å². The van der Waals surface area contributed by atoms with Gasteiger partial charge in [-0.2, -0.15) is 8.42 Å². The SMILES string of the molecule is COc1ccc(/C=C2\Oc3cc(OS(C)(=O)=O)ccc3C2=O)c(OC)c1. The number of methoxy groups -OCH3 is 2. The Balaban J connectivity index is 1.94. The maximum absolute atomic E-state index is 12.5. The standard InChI is InChI=1S/C18H16O7S/c1-22-12-5-4-11(15(9-12)23-2)8-17-18(19)14-7-6-13(10-16(14)24-17)25-26(3,20)21/h4-10H,1-3H3/b17-8-. The summed E-state index contributed by atoms with van der Waals surface area (Å²) in [5.41, 5.74) is 0.960. The van der Waals surface area contributed by atoms with Gasteiger partial charge in [-0.05, 0) is 30.3 Å². The normalized spacial score (nSPS) is 14.7. The highest BCUT2D eigenvalue weighted by Crippen LogP contribution is 2.36. The van der Waals surface area contributed by atoms with Gasteiger partial charge in [0.05, 0.1) is 26.0 Å². The number of benzene rings is 2. The van der Waals surface area contributed by atoms with E-state index in [1.54, 1.807) is 31.4 Å². The molecule has 0 aromatic heterocycles. The summed E-state index contributed by atoms with van der Waals surface area (Å²) in [6, 6.07) is 9.39. The minimum Gasteiger partial charge on any atom is -0.497 e. The van der Waals surface area contributed by atoms with Crippen LogP contribution in [-0.2, 0) is 10.1 Å². The molecule has 0 bridgehead atoms. The number of ketones is 1. The molecule has 1 aliphatic heterocycles. The highest BCUT2D eigenvalue weighted by Gasteiger charge is 2.28. The van der Waals surface area contributed by atoms with Crippen molar-refractivity contribution in [2.75, 3.05) is 20.5 Å². The molecule has 1 aliphatic rings. The molecule has 0 fully saturated rings. The first-order valence-corrected chi connectivity index (χ1v) is 9.32. The minimum absolute atomic E-state index is 0.0716. The van der Waals surface area contributed by atoms with Gasteiger partial charge in [0, 0.05) is 17.7 Å². The van der Waals surface area contributed by atoms with E-state index in [1.807, 2.05) is 0 Å². The summed E-state index contributed by atoms with van der Waals surface area (Å²) in [6.45, 7) is 0. The lowest BCUT2D eigenvalue weighted by Crippen LogP contribution is -2.05. The van der Waals surface area contributed by atoms with Crippen molar-refractivity contribution in [2.24, 2.45) is 0 Å². The van der Waals surface area contributed by atoms with E-state index in [1.165, 1.54) is 25.3 Å². The van der Waals surface area contributed by atoms with E-state index in [0.29, 0.717) is 22.6 Å². The van der Waals surface area contributed by atoms with Crippen LogP contribution in [0.25, 0.3) is 6.08 Å². The maximum Gasteiger partial charge on any atom is 0.306 e. The van der Waals surface area contributed by atoms with Crippen molar-refractivity contribution in [1.82, 2.24) is 0 Å². The van der Waals surface area contributed by atoms with E-state index in [4.69, 9.17) is 18.4 Å². The quantitative estimate of drug-likeness (QED) is 0.585. The number of carbonyl (C=O) groups is 1. The topological polar surface area (TPSA) is 88.1 Å². The molecule has 0 saturated heterocycles. The van der Waals surface area contributed by atoms with E-state index >= 15 is 0 Å². The number of Topliss-reactive ketones (excluding diaryl/α,β-unsaturated/α-hetero) is 1. The van der Waals surface area contributed by atoms with Crippen molar-refractivity contribution in [2.45, 2.75) is 0 Å². The number of hydrogen-bond acceptors (Lipinski definition) is 7. The van der Waals surface area contributed by atoms with Gasteiger partial charge in [0.25, 0.3) is 0 Å². The maximum atomic E-state index is 12.5. The van der Waals surface area contributed by atoms with Crippen LogP contribution in [0, 0.1) is 0 Å². The number of fused-ring (bicyclic) bond motifs is 1. The summed E-state index contributed by atoms with van der Waals surface area (Å²) in [4.78, 5) is 12.5. The molecule has 0 spiro atoms. The van der Waals surface area contributed by atoms with Gasteiger partial charge in [-0.1, -0.05) is 0 Å². The first kappa shape index (κ1) is 17.8. The van der Waals surface area contributed by atoms with Crippen LogP contribution in [0.15, 0.2) is 42.2 Å². The second kappa shape index (κ2) is 6.72. The molecule has 136 valence electrons. The van der Waals surface area contributed by atoms with Gasteiger partial charge in [-0.15, -0.1) is 0 Å². The molecule has 2 aromatic rings. The van der Waals surface area contributed by atoms with Crippen molar-refractivity contribution in [3.05, 3.63) is 53.3 Å². The summed E-state index contributed by atoms with van der Waals surface area (Å²) < 4.78 is 43.3. The van der Waals surface area contributed by atoms with Crippen LogP contribution in [-0.4, -0.2) is 34.7 Å². The molecular formula is C18H16O7S. The molecule has 0 atom stereocenters.